The fourth-order valence-electron chi connectivity index (χ4n) is 0.860. The summed E-state index contributed by atoms with van der Waals surface area (Å²) in [6.45, 7) is -5.90. The van der Waals surface area contributed by atoms with E-state index in [1.54, 1.807) is 0 Å². The van der Waals surface area contributed by atoms with Crippen molar-refractivity contribution in [1.82, 2.24) is 9.03 Å². The lowest BCUT2D eigenvalue weighted by molar-refractivity contribution is -0.137. The zero-order chi connectivity index (χ0) is 14.6. The number of hydrogen-bond acceptors (Lipinski definition) is 3. The van der Waals surface area contributed by atoms with Crippen molar-refractivity contribution in [3.05, 3.63) is 0 Å². The third-order valence-corrected chi connectivity index (χ3v) is 3.00. The van der Waals surface area contributed by atoms with E-state index in [9.17, 15) is 34.8 Å². The van der Waals surface area contributed by atoms with Crippen LogP contribution in [0, 0.1) is 0 Å². The molecule has 0 aromatic carbocycles. The molecule has 0 spiro atoms. The lowest BCUT2D eigenvalue weighted by Crippen LogP contribution is -2.48. The number of halogens is 6. The Hall–Kier alpha value is -0.590. The Morgan fingerprint density at radius 2 is 1.56 bits per heavy atom. The highest BCUT2D eigenvalue weighted by molar-refractivity contribution is 7.87. The van der Waals surface area contributed by atoms with Crippen LogP contribution in [-0.2, 0) is 10.2 Å². The SMILES string of the molecule is O=S(=O)(NCC(F)(F)F)N(CCO)CC(F)(F)F. The van der Waals surface area contributed by atoms with Crippen molar-refractivity contribution in [3.8, 4) is 0 Å². The van der Waals surface area contributed by atoms with E-state index in [1.165, 1.54) is 0 Å². The van der Waals surface area contributed by atoms with E-state index >= 15 is 0 Å². The molecule has 0 saturated carbocycles. The highest BCUT2D eigenvalue weighted by Gasteiger charge is 2.38. The molecule has 0 fully saturated rings. The smallest absolute Gasteiger partial charge is 0.395 e. The quantitative estimate of drug-likeness (QED) is 0.691. The molecule has 0 radical (unpaired) electrons. The molecule has 0 aliphatic carbocycles. The van der Waals surface area contributed by atoms with Gasteiger partial charge < -0.3 is 5.11 Å². The summed E-state index contributed by atoms with van der Waals surface area (Å²) in [7, 11) is -4.97. The average Bonchev–Trinajstić information content (AvgIpc) is 2.11. The van der Waals surface area contributed by atoms with Crippen LogP contribution in [0.4, 0.5) is 26.3 Å². The lowest BCUT2D eigenvalue weighted by atomic mass is 10.6. The molecule has 0 aromatic rings. The molecule has 0 atom stereocenters. The number of nitrogens with zero attached hydrogens (tertiary/aromatic N) is 1. The van der Waals surface area contributed by atoms with Gasteiger partial charge in [-0.1, -0.05) is 0 Å². The van der Waals surface area contributed by atoms with Crippen molar-refractivity contribution < 1.29 is 39.9 Å². The van der Waals surface area contributed by atoms with Crippen molar-refractivity contribution in [2.75, 3.05) is 26.2 Å². The van der Waals surface area contributed by atoms with Gasteiger partial charge in [-0.15, -0.1) is 0 Å². The van der Waals surface area contributed by atoms with Gasteiger partial charge in [-0.25, -0.2) is 0 Å². The maximum atomic E-state index is 12.0. The summed E-state index contributed by atoms with van der Waals surface area (Å²) in [4.78, 5) is 0. The molecular weight excluding hydrogens is 294 g/mol. The molecule has 2 N–H and O–H groups in total. The van der Waals surface area contributed by atoms with Gasteiger partial charge in [0.05, 0.1) is 6.61 Å². The van der Waals surface area contributed by atoms with Crippen LogP contribution in [0.5, 0.6) is 0 Å². The summed E-state index contributed by atoms with van der Waals surface area (Å²) in [6.07, 6.45) is -9.82. The van der Waals surface area contributed by atoms with Crippen molar-refractivity contribution in [2.45, 2.75) is 12.4 Å². The van der Waals surface area contributed by atoms with E-state index in [0.717, 1.165) is 4.72 Å². The van der Waals surface area contributed by atoms with Gasteiger partial charge in [0.1, 0.15) is 13.1 Å². The van der Waals surface area contributed by atoms with E-state index in [-0.39, 0.29) is 4.31 Å². The van der Waals surface area contributed by atoms with Gasteiger partial charge in [0, 0.05) is 6.54 Å². The first-order valence-corrected chi connectivity index (χ1v) is 5.80. The first-order chi connectivity index (χ1) is 7.87. The number of alkyl halides is 6. The lowest BCUT2D eigenvalue weighted by Gasteiger charge is -2.23. The molecule has 5 nitrogen and oxygen atoms in total. The molecule has 0 amide bonds. The number of aliphatic hydroxyl groups is 1. The zero-order valence-electron chi connectivity index (χ0n) is 8.72. The van der Waals surface area contributed by atoms with Crippen molar-refractivity contribution in [1.29, 1.82) is 0 Å². The second-order valence-electron chi connectivity index (χ2n) is 3.11. The third kappa shape index (κ3) is 7.68. The number of hydrogen-bond donors (Lipinski definition) is 2. The van der Waals surface area contributed by atoms with Crippen molar-refractivity contribution >= 4 is 10.2 Å². The summed E-state index contributed by atoms with van der Waals surface area (Å²) >= 11 is 0. The molecule has 18 heavy (non-hydrogen) atoms. The highest BCUT2D eigenvalue weighted by atomic mass is 32.2. The van der Waals surface area contributed by atoms with Crippen LogP contribution < -0.4 is 4.72 Å². The van der Waals surface area contributed by atoms with Crippen LogP contribution in [0.1, 0.15) is 0 Å². The van der Waals surface area contributed by atoms with Crippen molar-refractivity contribution in [3.63, 3.8) is 0 Å². The van der Waals surface area contributed by atoms with E-state index in [4.69, 9.17) is 5.11 Å². The maximum absolute atomic E-state index is 12.0. The monoisotopic (exact) mass is 304 g/mol. The molecule has 0 unspecified atom stereocenters. The molecule has 0 bridgehead atoms. The van der Waals surface area contributed by atoms with E-state index in [0.29, 0.717) is 0 Å². The Kier molecular flexibility index (Phi) is 5.84. The van der Waals surface area contributed by atoms with Crippen LogP contribution >= 0.6 is 0 Å². The molecule has 0 aliphatic heterocycles. The average molecular weight is 304 g/mol. The van der Waals surface area contributed by atoms with Gasteiger partial charge in [-0.3, -0.25) is 0 Å². The van der Waals surface area contributed by atoms with E-state index in [1.807, 2.05) is 0 Å². The Labute approximate surface area is 98.6 Å². The van der Waals surface area contributed by atoms with Gasteiger partial charge in [0.2, 0.25) is 0 Å². The van der Waals surface area contributed by atoms with Gasteiger partial charge in [-0.05, 0) is 0 Å². The minimum absolute atomic E-state index is 0.321. The van der Waals surface area contributed by atoms with E-state index < -0.39 is 48.8 Å². The zero-order valence-corrected chi connectivity index (χ0v) is 9.53. The molecule has 12 heteroatoms. The van der Waals surface area contributed by atoms with Crippen LogP contribution in [0.2, 0.25) is 0 Å². The normalized spacial score (nSPS) is 14.2. The summed E-state index contributed by atoms with van der Waals surface area (Å²) in [5, 5.41) is 8.40. The molecular formula is C6H10F6N2O3S. The Morgan fingerprint density at radius 3 is 1.89 bits per heavy atom. The number of aliphatic hydroxyl groups excluding tert-OH is 1. The number of nitrogens with one attached hydrogen (secondary N) is 1. The van der Waals surface area contributed by atoms with E-state index in [2.05, 4.69) is 0 Å². The standard InChI is InChI=1S/C6H10F6N2O3S/c7-5(8,9)3-13-18(16,17)14(1-2-15)4-6(10,11)12/h13,15H,1-4H2. The fraction of sp³-hybridized carbons (Fsp3) is 1.00. The predicted octanol–water partition coefficient (Wildman–Crippen LogP) is 0.240. The van der Waals surface area contributed by atoms with Crippen LogP contribution in [0.3, 0.4) is 0 Å². The maximum Gasteiger partial charge on any atom is 0.402 e. The van der Waals surface area contributed by atoms with Crippen LogP contribution in [0.25, 0.3) is 0 Å². The Balaban J connectivity index is 4.77. The van der Waals surface area contributed by atoms with Gasteiger partial charge in [0.25, 0.3) is 10.2 Å². The first-order valence-electron chi connectivity index (χ1n) is 4.36. The number of rotatable bonds is 6. The second-order valence-corrected chi connectivity index (χ2v) is 4.87. The van der Waals surface area contributed by atoms with Crippen LogP contribution in [0.15, 0.2) is 0 Å². The first kappa shape index (κ1) is 17.4. The largest absolute Gasteiger partial charge is 0.402 e. The molecule has 0 rings (SSSR count). The third-order valence-electron chi connectivity index (χ3n) is 1.50. The van der Waals surface area contributed by atoms with Crippen molar-refractivity contribution in [2.24, 2.45) is 0 Å². The summed E-state index contributed by atoms with van der Waals surface area (Å²) in [5.74, 6) is 0. The van der Waals surface area contributed by atoms with Gasteiger partial charge in [0.15, 0.2) is 0 Å². The summed E-state index contributed by atoms with van der Waals surface area (Å²) in [5.41, 5.74) is 0. The fourth-order valence-corrected chi connectivity index (χ4v) is 2.03. The molecule has 0 aliphatic rings. The predicted molar refractivity (Wildman–Crippen MR) is 47.7 cm³/mol. The van der Waals surface area contributed by atoms with Gasteiger partial charge in [-0.2, -0.15) is 43.8 Å². The Bertz CT molecular complexity index is 351. The molecule has 0 heterocycles. The van der Waals surface area contributed by atoms with Gasteiger partial charge >= 0.3 is 12.4 Å². The minimum Gasteiger partial charge on any atom is -0.395 e. The summed E-state index contributed by atoms with van der Waals surface area (Å²) < 4.78 is 94.2. The molecule has 110 valence electrons. The molecule has 0 saturated heterocycles. The summed E-state index contributed by atoms with van der Waals surface area (Å²) in [6, 6.07) is 0. The molecule has 0 aromatic heterocycles. The topological polar surface area (TPSA) is 69.6 Å². The van der Waals surface area contributed by atoms with Crippen LogP contribution in [-0.4, -0.2) is 56.4 Å². The second kappa shape index (κ2) is 6.04. The highest BCUT2D eigenvalue weighted by Crippen LogP contribution is 2.18. The minimum atomic E-state index is -4.97. The Morgan fingerprint density at radius 1 is 1.06 bits per heavy atom.